The summed E-state index contributed by atoms with van der Waals surface area (Å²) in [7, 11) is 0. The van der Waals surface area contributed by atoms with Crippen molar-refractivity contribution in [3.63, 3.8) is 0 Å². The second kappa shape index (κ2) is 8.11. The Kier molecular flexibility index (Phi) is 5.38. The van der Waals surface area contributed by atoms with Gasteiger partial charge < -0.3 is 10.1 Å². The molecule has 3 nitrogen and oxygen atoms in total. The van der Waals surface area contributed by atoms with E-state index >= 15 is 0 Å². The van der Waals surface area contributed by atoms with E-state index in [2.05, 4.69) is 40.6 Å². The van der Waals surface area contributed by atoms with Crippen LogP contribution >= 0.6 is 0 Å². The molecule has 0 spiro atoms. The van der Waals surface area contributed by atoms with Crippen molar-refractivity contribution in [1.82, 2.24) is 4.98 Å². The predicted octanol–water partition coefficient (Wildman–Crippen LogP) is 2.92. The maximum absolute atomic E-state index is 5.87. The molecule has 2 N–H and O–H groups in total. The first kappa shape index (κ1) is 15.3. The van der Waals surface area contributed by atoms with Crippen LogP contribution in [0.1, 0.15) is 16.8 Å². The second-order valence-electron chi connectivity index (χ2n) is 5.44. The van der Waals surface area contributed by atoms with Gasteiger partial charge >= 0.3 is 0 Å². The van der Waals surface area contributed by atoms with Crippen LogP contribution in [-0.4, -0.2) is 4.98 Å². The number of hydrogen-bond donors (Lipinski definition) is 1. The molecule has 1 aromatic heterocycles. The van der Waals surface area contributed by atoms with Gasteiger partial charge in [0.1, 0.15) is 25.4 Å². The van der Waals surface area contributed by atoms with E-state index in [9.17, 15) is 0 Å². The van der Waals surface area contributed by atoms with E-state index in [4.69, 9.17) is 4.74 Å². The van der Waals surface area contributed by atoms with Gasteiger partial charge in [-0.1, -0.05) is 48.5 Å². The summed E-state index contributed by atoms with van der Waals surface area (Å²) in [5.74, 6) is 0.914. The van der Waals surface area contributed by atoms with Gasteiger partial charge in [0.05, 0.1) is 5.69 Å². The van der Waals surface area contributed by atoms with Crippen molar-refractivity contribution in [2.75, 3.05) is 0 Å². The summed E-state index contributed by atoms with van der Waals surface area (Å²) in [5.41, 5.74) is 3.54. The van der Waals surface area contributed by atoms with Crippen molar-refractivity contribution in [3.05, 3.63) is 95.8 Å². The number of hydrogen-bond acceptors (Lipinski definition) is 2. The van der Waals surface area contributed by atoms with Crippen LogP contribution in [-0.2, 0) is 19.7 Å². The van der Waals surface area contributed by atoms with Gasteiger partial charge in [0.2, 0.25) is 0 Å². The second-order valence-corrected chi connectivity index (χ2v) is 5.44. The molecule has 3 rings (SSSR count). The smallest absolute Gasteiger partial charge is 0.120 e. The van der Waals surface area contributed by atoms with Gasteiger partial charge in [-0.2, -0.15) is 0 Å². The van der Waals surface area contributed by atoms with Crippen LogP contribution in [0.25, 0.3) is 0 Å². The molecule has 0 aliphatic heterocycles. The average Bonchev–Trinajstić information content (AvgIpc) is 2.62. The van der Waals surface area contributed by atoms with E-state index in [1.807, 2.05) is 48.7 Å². The summed E-state index contributed by atoms with van der Waals surface area (Å²) in [6, 6.07) is 24.5. The third kappa shape index (κ3) is 4.94. The van der Waals surface area contributed by atoms with Crippen LogP contribution in [0, 0.1) is 0 Å². The first-order valence-electron chi connectivity index (χ1n) is 7.87. The fourth-order valence-electron chi connectivity index (χ4n) is 2.41. The van der Waals surface area contributed by atoms with E-state index in [1.165, 1.54) is 11.1 Å². The zero-order valence-electron chi connectivity index (χ0n) is 13.1. The van der Waals surface area contributed by atoms with Gasteiger partial charge in [-0.25, -0.2) is 0 Å². The van der Waals surface area contributed by atoms with Gasteiger partial charge in [0.25, 0.3) is 0 Å². The molecule has 0 saturated carbocycles. The Balaban J connectivity index is 1.51. The molecule has 0 atom stereocenters. The van der Waals surface area contributed by atoms with Crippen LogP contribution in [0.2, 0.25) is 0 Å². The molecule has 0 aliphatic rings. The van der Waals surface area contributed by atoms with E-state index in [-0.39, 0.29) is 0 Å². The number of aromatic nitrogens is 1. The fraction of sp³-hybridized carbons (Fsp3) is 0.150. The average molecular weight is 305 g/mol. The Morgan fingerprint density at radius 2 is 1.61 bits per heavy atom. The number of ether oxygens (including phenoxy) is 1. The highest BCUT2D eigenvalue weighted by molar-refractivity contribution is 5.28. The number of pyridine rings is 1. The predicted molar refractivity (Wildman–Crippen MR) is 90.8 cm³/mol. The Labute approximate surface area is 137 Å². The van der Waals surface area contributed by atoms with Crippen LogP contribution in [0.15, 0.2) is 79.0 Å². The topological polar surface area (TPSA) is 38.7 Å². The molecule has 23 heavy (non-hydrogen) atoms. The maximum atomic E-state index is 5.87. The number of quaternary nitrogens is 1. The summed E-state index contributed by atoms with van der Waals surface area (Å²) in [5, 5.41) is 2.25. The molecule has 1 heterocycles. The molecule has 3 heteroatoms. The third-order valence-electron chi connectivity index (χ3n) is 3.61. The lowest BCUT2D eigenvalue weighted by Crippen LogP contribution is -2.80. The minimum atomic E-state index is 0.599. The Bertz CT molecular complexity index is 714. The first-order chi connectivity index (χ1) is 11.4. The van der Waals surface area contributed by atoms with Gasteiger partial charge in [-0.15, -0.1) is 0 Å². The standard InChI is InChI=1S/C20H20N2O/c1-2-7-17(8-3-1)16-23-20-11-6-9-18(13-20)14-21-15-19-10-4-5-12-22-19/h1-13,21H,14-16H2/p+1. The van der Waals surface area contributed by atoms with E-state index in [0.717, 1.165) is 24.5 Å². The SMILES string of the molecule is c1ccc(COc2cccc(C[NH2+]Cc3ccccn3)c2)cc1. The Morgan fingerprint density at radius 3 is 2.43 bits per heavy atom. The minimum Gasteiger partial charge on any atom is -0.489 e. The molecule has 116 valence electrons. The number of nitrogens with zero attached hydrogens (tertiary/aromatic N) is 1. The Hall–Kier alpha value is -2.65. The van der Waals surface area contributed by atoms with Gasteiger partial charge in [0.15, 0.2) is 0 Å². The molecule has 0 unspecified atom stereocenters. The number of nitrogens with two attached hydrogens (primary N) is 1. The van der Waals surface area contributed by atoms with Crippen LogP contribution in [0.4, 0.5) is 0 Å². The minimum absolute atomic E-state index is 0.599. The summed E-state index contributed by atoms with van der Waals surface area (Å²) in [4.78, 5) is 4.33. The maximum Gasteiger partial charge on any atom is 0.120 e. The van der Waals surface area contributed by atoms with Crippen LogP contribution in [0.3, 0.4) is 0 Å². The van der Waals surface area contributed by atoms with Crippen molar-refractivity contribution in [2.24, 2.45) is 0 Å². The van der Waals surface area contributed by atoms with E-state index in [1.54, 1.807) is 0 Å². The molecular weight excluding hydrogens is 284 g/mol. The number of benzene rings is 2. The summed E-state index contributed by atoms with van der Waals surface area (Å²) in [6.07, 6.45) is 1.83. The molecule has 0 aliphatic carbocycles. The number of rotatable bonds is 7. The van der Waals surface area contributed by atoms with E-state index < -0.39 is 0 Å². The summed E-state index contributed by atoms with van der Waals surface area (Å²) < 4.78 is 5.87. The highest BCUT2D eigenvalue weighted by Gasteiger charge is 2.01. The van der Waals surface area contributed by atoms with Crippen molar-refractivity contribution in [1.29, 1.82) is 0 Å². The molecule has 0 radical (unpaired) electrons. The normalized spacial score (nSPS) is 10.4. The van der Waals surface area contributed by atoms with Crippen molar-refractivity contribution in [3.8, 4) is 5.75 Å². The molecule has 3 aromatic rings. The lowest BCUT2D eigenvalue weighted by atomic mass is 10.2. The van der Waals surface area contributed by atoms with Crippen molar-refractivity contribution >= 4 is 0 Å². The molecule has 0 amide bonds. The molecule has 2 aromatic carbocycles. The lowest BCUT2D eigenvalue weighted by Gasteiger charge is -2.08. The molecule has 0 bridgehead atoms. The largest absolute Gasteiger partial charge is 0.489 e. The summed E-state index contributed by atoms with van der Waals surface area (Å²) in [6.45, 7) is 2.40. The van der Waals surface area contributed by atoms with Crippen molar-refractivity contribution in [2.45, 2.75) is 19.7 Å². The quantitative estimate of drug-likeness (QED) is 0.729. The monoisotopic (exact) mass is 305 g/mol. The first-order valence-corrected chi connectivity index (χ1v) is 7.87. The van der Waals surface area contributed by atoms with E-state index in [0.29, 0.717) is 6.61 Å². The third-order valence-corrected chi connectivity index (χ3v) is 3.61. The molecule has 0 saturated heterocycles. The fourth-order valence-corrected chi connectivity index (χ4v) is 2.41. The highest BCUT2D eigenvalue weighted by atomic mass is 16.5. The zero-order chi connectivity index (χ0) is 15.7. The highest BCUT2D eigenvalue weighted by Crippen LogP contribution is 2.14. The van der Waals surface area contributed by atoms with Gasteiger partial charge in [-0.05, 0) is 29.8 Å². The lowest BCUT2D eigenvalue weighted by molar-refractivity contribution is -0.686. The van der Waals surface area contributed by atoms with Crippen molar-refractivity contribution < 1.29 is 10.1 Å². The van der Waals surface area contributed by atoms with Gasteiger partial charge in [0, 0.05) is 11.8 Å². The zero-order valence-corrected chi connectivity index (χ0v) is 13.1. The summed E-state index contributed by atoms with van der Waals surface area (Å²) >= 11 is 0. The molecule has 0 fully saturated rings. The van der Waals surface area contributed by atoms with Crippen LogP contribution in [0.5, 0.6) is 5.75 Å². The molecular formula is C20H21N2O+. The van der Waals surface area contributed by atoms with Crippen LogP contribution < -0.4 is 10.1 Å². The Morgan fingerprint density at radius 1 is 0.783 bits per heavy atom. The van der Waals surface area contributed by atoms with Gasteiger partial charge in [-0.3, -0.25) is 4.98 Å².